The van der Waals surface area contributed by atoms with Crippen LogP contribution >= 0.6 is 11.6 Å². The molecule has 0 aliphatic rings. The Balaban J connectivity index is 1.94. The van der Waals surface area contributed by atoms with Crippen molar-refractivity contribution < 1.29 is 8.42 Å². The Bertz CT molecular complexity index is 877. The van der Waals surface area contributed by atoms with Crippen molar-refractivity contribution in [2.24, 2.45) is 0 Å². The predicted octanol–water partition coefficient (Wildman–Crippen LogP) is 2.72. The molecule has 1 aromatic carbocycles. The third-order valence-corrected chi connectivity index (χ3v) is 4.49. The number of nitrogens with one attached hydrogen (secondary N) is 1. The largest absolute Gasteiger partial charge is 0.263 e. The van der Waals surface area contributed by atoms with Gasteiger partial charge in [-0.15, -0.1) is 0 Å². The second kappa shape index (κ2) is 5.78. The van der Waals surface area contributed by atoms with Gasteiger partial charge in [-0.3, -0.25) is 4.72 Å². The first-order valence-electron chi connectivity index (χ1n) is 6.30. The van der Waals surface area contributed by atoms with Gasteiger partial charge < -0.3 is 0 Å². The van der Waals surface area contributed by atoms with Gasteiger partial charge in [0, 0.05) is 17.3 Å². The smallest absolute Gasteiger partial charge is 0.263 e. The summed E-state index contributed by atoms with van der Waals surface area (Å²) < 4.78 is 28.7. The average Bonchev–Trinajstić information content (AvgIpc) is 2.96. The van der Waals surface area contributed by atoms with Crippen molar-refractivity contribution in [3.63, 3.8) is 0 Å². The highest BCUT2D eigenvalue weighted by Gasteiger charge is 2.17. The first kappa shape index (κ1) is 14.6. The summed E-state index contributed by atoms with van der Waals surface area (Å²) in [6.07, 6.45) is 3.10. The summed E-state index contributed by atoms with van der Waals surface area (Å²) in [4.78, 5) is 4.26. The second-order valence-electron chi connectivity index (χ2n) is 4.38. The molecule has 8 heteroatoms. The number of halogens is 1. The number of aromatic nitrogens is 3. The molecule has 2 heterocycles. The van der Waals surface area contributed by atoms with Crippen LogP contribution in [0, 0.1) is 0 Å². The highest BCUT2D eigenvalue weighted by Crippen LogP contribution is 2.19. The van der Waals surface area contributed by atoms with Crippen molar-refractivity contribution in [1.29, 1.82) is 0 Å². The SMILES string of the molecule is O=S(=O)(Nc1ccnn1-c1ccccn1)c1ccc(Cl)cc1. The number of pyridine rings is 1. The van der Waals surface area contributed by atoms with Gasteiger partial charge in [0.1, 0.15) is 5.82 Å². The molecule has 112 valence electrons. The monoisotopic (exact) mass is 334 g/mol. The molecule has 0 aliphatic heterocycles. The Morgan fingerprint density at radius 3 is 2.45 bits per heavy atom. The number of rotatable bonds is 4. The van der Waals surface area contributed by atoms with E-state index in [4.69, 9.17) is 11.6 Å². The van der Waals surface area contributed by atoms with Crippen molar-refractivity contribution in [3.8, 4) is 5.82 Å². The quantitative estimate of drug-likeness (QED) is 0.795. The zero-order valence-electron chi connectivity index (χ0n) is 11.2. The van der Waals surface area contributed by atoms with Gasteiger partial charge in [-0.2, -0.15) is 9.78 Å². The molecule has 3 aromatic rings. The van der Waals surface area contributed by atoms with Crippen LogP contribution < -0.4 is 4.72 Å². The van der Waals surface area contributed by atoms with Crippen LogP contribution in [0.15, 0.2) is 65.8 Å². The van der Waals surface area contributed by atoms with Crippen LogP contribution in [0.4, 0.5) is 5.82 Å². The third-order valence-electron chi connectivity index (χ3n) is 2.87. The van der Waals surface area contributed by atoms with E-state index in [1.165, 1.54) is 35.1 Å². The van der Waals surface area contributed by atoms with E-state index in [-0.39, 0.29) is 4.90 Å². The molecule has 2 aromatic heterocycles. The Kier molecular flexibility index (Phi) is 3.82. The van der Waals surface area contributed by atoms with E-state index in [2.05, 4.69) is 14.8 Å². The molecule has 6 nitrogen and oxygen atoms in total. The highest BCUT2D eigenvalue weighted by molar-refractivity contribution is 7.92. The molecule has 0 fully saturated rings. The van der Waals surface area contributed by atoms with E-state index < -0.39 is 10.0 Å². The van der Waals surface area contributed by atoms with Crippen molar-refractivity contribution >= 4 is 27.4 Å². The van der Waals surface area contributed by atoms with Crippen LogP contribution in [0.1, 0.15) is 0 Å². The maximum Gasteiger partial charge on any atom is 0.263 e. The lowest BCUT2D eigenvalue weighted by Crippen LogP contribution is -2.16. The van der Waals surface area contributed by atoms with E-state index in [1.807, 2.05) is 0 Å². The van der Waals surface area contributed by atoms with Crippen molar-refractivity contribution in [2.45, 2.75) is 4.90 Å². The molecule has 1 N–H and O–H groups in total. The molecule has 3 rings (SSSR count). The molecule has 0 spiro atoms. The van der Waals surface area contributed by atoms with Gasteiger partial charge in [0.05, 0.1) is 11.1 Å². The maximum absolute atomic E-state index is 12.4. The van der Waals surface area contributed by atoms with Crippen LogP contribution in [-0.2, 0) is 10.0 Å². The zero-order valence-corrected chi connectivity index (χ0v) is 12.8. The lowest BCUT2D eigenvalue weighted by atomic mass is 10.4. The van der Waals surface area contributed by atoms with Crippen molar-refractivity contribution in [1.82, 2.24) is 14.8 Å². The summed E-state index contributed by atoms with van der Waals surface area (Å²) in [6, 6.07) is 12.8. The number of hydrogen-bond donors (Lipinski definition) is 1. The minimum atomic E-state index is -3.73. The van der Waals surface area contributed by atoms with Crippen LogP contribution in [0.5, 0.6) is 0 Å². The number of hydrogen-bond acceptors (Lipinski definition) is 4. The fraction of sp³-hybridized carbons (Fsp3) is 0. The van der Waals surface area contributed by atoms with E-state index in [0.29, 0.717) is 16.7 Å². The van der Waals surface area contributed by atoms with Crippen LogP contribution in [0.25, 0.3) is 5.82 Å². The van der Waals surface area contributed by atoms with Crippen LogP contribution in [-0.4, -0.2) is 23.2 Å². The average molecular weight is 335 g/mol. The minimum Gasteiger partial charge on any atom is -0.263 e. The minimum absolute atomic E-state index is 0.116. The van der Waals surface area contributed by atoms with Gasteiger partial charge in [-0.1, -0.05) is 17.7 Å². The first-order valence-corrected chi connectivity index (χ1v) is 8.16. The standard InChI is InChI=1S/C14H11ClN4O2S/c15-11-4-6-12(7-5-11)22(20,21)18-14-8-10-17-19(14)13-3-1-2-9-16-13/h1-10,18H. The summed E-state index contributed by atoms with van der Waals surface area (Å²) in [5.41, 5.74) is 0. The molecule has 0 saturated carbocycles. The fourth-order valence-corrected chi connectivity index (χ4v) is 3.02. The number of benzene rings is 1. The highest BCUT2D eigenvalue weighted by atomic mass is 35.5. The number of sulfonamides is 1. The molecule has 0 aliphatic carbocycles. The van der Waals surface area contributed by atoms with E-state index in [0.717, 1.165) is 0 Å². The van der Waals surface area contributed by atoms with Crippen molar-refractivity contribution in [2.75, 3.05) is 4.72 Å². The van der Waals surface area contributed by atoms with E-state index >= 15 is 0 Å². The number of nitrogens with zero attached hydrogens (tertiary/aromatic N) is 3. The first-order chi connectivity index (χ1) is 10.6. The van der Waals surface area contributed by atoms with E-state index in [1.54, 1.807) is 30.5 Å². The van der Waals surface area contributed by atoms with Crippen molar-refractivity contribution in [3.05, 3.63) is 65.9 Å². The number of anilines is 1. The van der Waals surface area contributed by atoms with Crippen LogP contribution in [0.2, 0.25) is 5.02 Å². The second-order valence-corrected chi connectivity index (χ2v) is 6.49. The molecular weight excluding hydrogens is 324 g/mol. The van der Waals surface area contributed by atoms with Gasteiger partial charge in [-0.05, 0) is 36.4 Å². The summed E-state index contributed by atoms with van der Waals surface area (Å²) in [7, 11) is -3.73. The summed E-state index contributed by atoms with van der Waals surface area (Å²) in [6.45, 7) is 0. The molecular formula is C14H11ClN4O2S. The summed E-state index contributed by atoms with van der Waals surface area (Å²) in [5, 5.41) is 4.55. The maximum atomic E-state index is 12.4. The van der Waals surface area contributed by atoms with Crippen LogP contribution in [0.3, 0.4) is 0 Å². The molecule has 0 saturated heterocycles. The lowest BCUT2D eigenvalue weighted by molar-refractivity contribution is 0.600. The topological polar surface area (TPSA) is 76.9 Å². The van der Waals surface area contributed by atoms with Gasteiger partial charge in [0.15, 0.2) is 5.82 Å². The van der Waals surface area contributed by atoms with Gasteiger partial charge in [0.25, 0.3) is 10.0 Å². The lowest BCUT2D eigenvalue weighted by Gasteiger charge is -2.10. The van der Waals surface area contributed by atoms with E-state index in [9.17, 15) is 8.42 Å². The third kappa shape index (κ3) is 2.95. The fourth-order valence-electron chi connectivity index (χ4n) is 1.85. The normalized spacial score (nSPS) is 11.3. The van der Waals surface area contributed by atoms with Gasteiger partial charge in [0.2, 0.25) is 0 Å². The zero-order chi connectivity index (χ0) is 15.6. The summed E-state index contributed by atoms with van der Waals surface area (Å²) in [5.74, 6) is 0.815. The Morgan fingerprint density at radius 2 is 1.77 bits per heavy atom. The van der Waals surface area contributed by atoms with Gasteiger partial charge >= 0.3 is 0 Å². The Labute approximate surface area is 132 Å². The molecule has 0 unspecified atom stereocenters. The summed E-state index contributed by atoms with van der Waals surface area (Å²) >= 11 is 5.77. The Hall–Kier alpha value is -2.38. The molecule has 0 bridgehead atoms. The molecule has 0 amide bonds. The predicted molar refractivity (Wildman–Crippen MR) is 83.6 cm³/mol. The molecule has 22 heavy (non-hydrogen) atoms. The molecule has 0 atom stereocenters. The molecule has 0 radical (unpaired) electrons. The Morgan fingerprint density at radius 1 is 1.00 bits per heavy atom. The van der Waals surface area contributed by atoms with Gasteiger partial charge in [-0.25, -0.2) is 13.4 Å².